The van der Waals surface area contributed by atoms with Crippen LogP contribution >= 0.6 is 11.8 Å². The number of rotatable bonds is 4. The first kappa shape index (κ1) is 19.0. The van der Waals surface area contributed by atoms with E-state index in [1.54, 1.807) is 60.9 Å². The van der Waals surface area contributed by atoms with E-state index in [9.17, 15) is 14.4 Å². The van der Waals surface area contributed by atoms with Crippen LogP contribution < -0.4 is 10.1 Å². The summed E-state index contributed by atoms with van der Waals surface area (Å²) in [6.07, 6.45) is 1.79. The predicted molar refractivity (Wildman–Crippen MR) is 112 cm³/mol. The predicted octanol–water partition coefficient (Wildman–Crippen LogP) is 4.44. The molecule has 29 heavy (non-hydrogen) atoms. The SMILES string of the molecule is COc1ccccc1NC(=O)c1ccc2c(c1SC)C(=O)c1ccccc1C2=O. The van der Waals surface area contributed by atoms with Gasteiger partial charge in [0.05, 0.1) is 18.4 Å². The van der Waals surface area contributed by atoms with Crippen LogP contribution in [0.4, 0.5) is 5.69 Å². The number of para-hydroxylation sites is 2. The van der Waals surface area contributed by atoms with Crippen molar-refractivity contribution < 1.29 is 19.1 Å². The van der Waals surface area contributed by atoms with Crippen LogP contribution in [0.5, 0.6) is 5.75 Å². The molecule has 1 aliphatic carbocycles. The van der Waals surface area contributed by atoms with Crippen molar-refractivity contribution in [3.8, 4) is 5.75 Å². The molecule has 1 aliphatic rings. The highest BCUT2D eigenvalue weighted by atomic mass is 32.2. The Hall–Kier alpha value is -3.38. The maximum atomic E-state index is 13.1. The summed E-state index contributed by atoms with van der Waals surface area (Å²) in [5, 5.41) is 2.83. The Morgan fingerprint density at radius 3 is 2.21 bits per heavy atom. The van der Waals surface area contributed by atoms with E-state index < -0.39 is 0 Å². The van der Waals surface area contributed by atoms with Crippen molar-refractivity contribution in [3.05, 3.63) is 88.5 Å². The highest BCUT2D eigenvalue weighted by Gasteiger charge is 2.33. The number of hydrogen-bond acceptors (Lipinski definition) is 5. The van der Waals surface area contributed by atoms with Gasteiger partial charge in [0.1, 0.15) is 5.75 Å². The van der Waals surface area contributed by atoms with E-state index in [1.807, 2.05) is 6.07 Å². The number of ether oxygens (including phenoxy) is 1. The minimum Gasteiger partial charge on any atom is -0.495 e. The molecule has 3 aromatic rings. The van der Waals surface area contributed by atoms with Crippen LogP contribution in [0.2, 0.25) is 0 Å². The van der Waals surface area contributed by atoms with E-state index >= 15 is 0 Å². The zero-order valence-corrected chi connectivity index (χ0v) is 16.6. The quantitative estimate of drug-likeness (QED) is 0.510. The summed E-state index contributed by atoms with van der Waals surface area (Å²) in [7, 11) is 1.53. The third-order valence-electron chi connectivity index (χ3n) is 4.85. The molecule has 0 radical (unpaired) electrons. The Morgan fingerprint density at radius 2 is 1.52 bits per heavy atom. The molecule has 4 rings (SSSR count). The highest BCUT2D eigenvalue weighted by molar-refractivity contribution is 7.98. The molecule has 0 atom stereocenters. The molecule has 1 amide bonds. The van der Waals surface area contributed by atoms with Crippen LogP contribution in [-0.4, -0.2) is 30.8 Å². The lowest BCUT2D eigenvalue weighted by atomic mass is 9.83. The number of anilines is 1. The van der Waals surface area contributed by atoms with Crippen LogP contribution in [0.25, 0.3) is 0 Å². The number of ketones is 2. The van der Waals surface area contributed by atoms with Crippen LogP contribution in [0, 0.1) is 0 Å². The molecule has 6 heteroatoms. The third kappa shape index (κ3) is 3.11. The van der Waals surface area contributed by atoms with Gasteiger partial charge in [-0.05, 0) is 30.5 Å². The summed E-state index contributed by atoms with van der Waals surface area (Å²) in [5.74, 6) is -0.292. The molecular formula is C23H17NO4S. The smallest absolute Gasteiger partial charge is 0.256 e. The number of amides is 1. The maximum absolute atomic E-state index is 13.1. The molecule has 0 unspecified atom stereocenters. The Bertz CT molecular complexity index is 1170. The number of fused-ring (bicyclic) bond motifs is 2. The number of carbonyl (C=O) groups is 3. The lowest BCUT2D eigenvalue weighted by Crippen LogP contribution is -2.24. The molecule has 1 N–H and O–H groups in total. The van der Waals surface area contributed by atoms with Gasteiger partial charge in [-0.2, -0.15) is 0 Å². The largest absolute Gasteiger partial charge is 0.495 e. The molecule has 0 saturated heterocycles. The van der Waals surface area contributed by atoms with Crippen molar-refractivity contribution >= 4 is 34.9 Å². The summed E-state index contributed by atoms with van der Waals surface area (Å²) in [5.41, 5.74) is 2.23. The number of hydrogen-bond donors (Lipinski definition) is 1. The van der Waals surface area contributed by atoms with Gasteiger partial charge in [0.25, 0.3) is 5.91 Å². The molecule has 0 saturated carbocycles. The second-order valence-corrected chi connectivity index (χ2v) is 7.24. The van der Waals surface area contributed by atoms with Crippen LogP contribution in [0.1, 0.15) is 42.2 Å². The minimum absolute atomic E-state index is 0.206. The van der Waals surface area contributed by atoms with Gasteiger partial charge in [-0.15, -0.1) is 11.8 Å². The second kappa shape index (κ2) is 7.56. The minimum atomic E-state index is -0.374. The fraction of sp³-hybridized carbons (Fsp3) is 0.0870. The summed E-state index contributed by atoms with van der Waals surface area (Å²) in [4.78, 5) is 39.5. The van der Waals surface area contributed by atoms with Gasteiger partial charge in [-0.25, -0.2) is 0 Å². The molecule has 3 aromatic carbocycles. The van der Waals surface area contributed by atoms with Crippen molar-refractivity contribution in [1.82, 2.24) is 0 Å². The van der Waals surface area contributed by atoms with E-state index in [2.05, 4.69) is 5.32 Å². The van der Waals surface area contributed by atoms with Crippen LogP contribution in [0.15, 0.2) is 65.6 Å². The second-order valence-electron chi connectivity index (χ2n) is 6.43. The first-order chi connectivity index (χ1) is 14.1. The molecule has 0 fully saturated rings. The summed E-state index contributed by atoms with van der Waals surface area (Å²) in [6.45, 7) is 0. The molecule has 0 spiro atoms. The summed E-state index contributed by atoms with van der Waals surface area (Å²) >= 11 is 1.27. The average Bonchev–Trinajstić information content (AvgIpc) is 2.76. The first-order valence-corrected chi connectivity index (χ1v) is 10.1. The first-order valence-electron chi connectivity index (χ1n) is 8.90. The van der Waals surface area contributed by atoms with Gasteiger partial charge in [-0.3, -0.25) is 14.4 Å². The normalized spacial score (nSPS) is 12.2. The van der Waals surface area contributed by atoms with Crippen LogP contribution in [-0.2, 0) is 0 Å². The Kier molecular flexibility index (Phi) is 4.94. The summed E-state index contributed by atoms with van der Waals surface area (Å²) in [6, 6.07) is 17.0. The van der Waals surface area contributed by atoms with Gasteiger partial charge < -0.3 is 10.1 Å². The highest BCUT2D eigenvalue weighted by Crippen LogP contribution is 2.36. The van der Waals surface area contributed by atoms with E-state index in [-0.39, 0.29) is 23.0 Å². The van der Waals surface area contributed by atoms with Gasteiger partial charge >= 0.3 is 0 Å². The zero-order chi connectivity index (χ0) is 20.5. The standard InChI is InChI=1S/C23H17NO4S/c1-28-18-10-6-5-9-17(18)24-23(27)16-12-11-15-19(22(16)29-2)21(26)14-8-4-3-7-13(14)20(15)25/h3-12H,1-2H3,(H,24,27). The molecule has 0 heterocycles. The average molecular weight is 403 g/mol. The zero-order valence-electron chi connectivity index (χ0n) is 15.8. The number of methoxy groups -OCH3 is 1. The number of thioether (sulfide) groups is 1. The lowest BCUT2D eigenvalue weighted by Gasteiger charge is -2.21. The Balaban J connectivity index is 1.80. The fourth-order valence-corrected chi connectivity index (χ4v) is 4.27. The van der Waals surface area contributed by atoms with Crippen molar-refractivity contribution in [2.24, 2.45) is 0 Å². The molecular weight excluding hydrogens is 386 g/mol. The number of benzene rings is 3. The van der Waals surface area contributed by atoms with Crippen molar-refractivity contribution in [3.63, 3.8) is 0 Å². The van der Waals surface area contributed by atoms with E-state index in [4.69, 9.17) is 4.74 Å². The Labute approximate surface area is 172 Å². The van der Waals surface area contributed by atoms with Gasteiger partial charge in [0.2, 0.25) is 0 Å². The molecule has 0 aliphatic heterocycles. The molecule has 0 aromatic heterocycles. The molecule has 144 valence electrons. The maximum Gasteiger partial charge on any atom is 0.256 e. The Morgan fingerprint density at radius 1 is 0.862 bits per heavy atom. The van der Waals surface area contributed by atoms with Gasteiger partial charge in [-0.1, -0.05) is 36.4 Å². The van der Waals surface area contributed by atoms with E-state index in [0.717, 1.165) is 0 Å². The number of carbonyl (C=O) groups excluding carboxylic acids is 3. The van der Waals surface area contributed by atoms with Crippen molar-refractivity contribution in [1.29, 1.82) is 0 Å². The fourth-order valence-electron chi connectivity index (χ4n) is 3.48. The van der Waals surface area contributed by atoms with Gasteiger partial charge in [0.15, 0.2) is 11.6 Å². The summed E-state index contributed by atoms with van der Waals surface area (Å²) < 4.78 is 5.28. The van der Waals surface area contributed by atoms with Crippen molar-refractivity contribution in [2.75, 3.05) is 18.7 Å². The number of nitrogens with one attached hydrogen (secondary N) is 1. The molecule has 0 bridgehead atoms. The van der Waals surface area contributed by atoms with Crippen molar-refractivity contribution in [2.45, 2.75) is 4.90 Å². The van der Waals surface area contributed by atoms with Crippen LogP contribution in [0.3, 0.4) is 0 Å². The van der Waals surface area contributed by atoms with E-state index in [0.29, 0.717) is 38.6 Å². The monoisotopic (exact) mass is 403 g/mol. The third-order valence-corrected chi connectivity index (χ3v) is 5.68. The van der Waals surface area contributed by atoms with Gasteiger partial charge in [0, 0.05) is 27.1 Å². The lowest BCUT2D eigenvalue weighted by molar-refractivity contribution is 0.0975. The topological polar surface area (TPSA) is 72.5 Å². The molecule has 5 nitrogen and oxygen atoms in total. The van der Waals surface area contributed by atoms with E-state index in [1.165, 1.54) is 18.9 Å².